The molecule has 2 aromatic rings. The van der Waals surface area contributed by atoms with Gasteiger partial charge in [-0.1, -0.05) is 29.8 Å². The van der Waals surface area contributed by atoms with Gasteiger partial charge in [0.25, 0.3) is 5.91 Å². The highest BCUT2D eigenvalue weighted by Gasteiger charge is 2.20. The Bertz CT molecular complexity index is 661. The molecule has 1 aliphatic heterocycles. The molecule has 3 heteroatoms. The first-order chi connectivity index (χ1) is 10.2. The minimum atomic E-state index is 0.0325. The van der Waals surface area contributed by atoms with Crippen molar-refractivity contribution < 1.29 is 4.79 Å². The second-order valence-electron chi connectivity index (χ2n) is 5.57. The van der Waals surface area contributed by atoms with Gasteiger partial charge in [-0.2, -0.15) is 0 Å². The Hall–Kier alpha value is -2.29. The van der Waals surface area contributed by atoms with Crippen LogP contribution >= 0.6 is 0 Å². The summed E-state index contributed by atoms with van der Waals surface area (Å²) in [5.41, 5.74) is 5.12. The molecule has 0 spiro atoms. The first-order valence-electron chi connectivity index (χ1n) is 7.37. The van der Waals surface area contributed by atoms with Crippen molar-refractivity contribution >= 4 is 17.3 Å². The van der Waals surface area contributed by atoms with Gasteiger partial charge in [-0.15, -0.1) is 0 Å². The molecule has 0 aromatic heterocycles. The lowest BCUT2D eigenvalue weighted by atomic mass is 9.98. The highest BCUT2D eigenvalue weighted by molar-refractivity contribution is 6.09. The SMILES string of the molecule is Cc1ccc(N(C)C(=O)c2cccc3c2NCCC3)cc1. The molecule has 1 amide bonds. The minimum absolute atomic E-state index is 0.0325. The van der Waals surface area contributed by atoms with Crippen LogP contribution in [0.15, 0.2) is 42.5 Å². The van der Waals surface area contributed by atoms with Crippen LogP contribution in [0, 0.1) is 6.92 Å². The van der Waals surface area contributed by atoms with Gasteiger partial charge in [-0.3, -0.25) is 4.79 Å². The van der Waals surface area contributed by atoms with Crippen LogP contribution in [-0.4, -0.2) is 19.5 Å². The Morgan fingerprint density at radius 3 is 2.67 bits per heavy atom. The lowest BCUT2D eigenvalue weighted by Gasteiger charge is -2.24. The van der Waals surface area contributed by atoms with Crippen molar-refractivity contribution in [1.29, 1.82) is 0 Å². The predicted molar refractivity (Wildman–Crippen MR) is 87.2 cm³/mol. The molecule has 0 unspecified atom stereocenters. The van der Waals surface area contributed by atoms with E-state index >= 15 is 0 Å². The molecule has 0 saturated heterocycles. The highest BCUT2D eigenvalue weighted by Crippen LogP contribution is 2.28. The van der Waals surface area contributed by atoms with Gasteiger partial charge >= 0.3 is 0 Å². The Morgan fingerprint density at radius 1 is 1.14 bits per heavy atom. The van der Waals surface area contributed by atoms with Crippen LogP contribution in [0.4, 0.5) is 11.4 Å². The van der Waals surface area contributed by atoms with Gasteiger partial charge in [0.1, 0.15) is 0 Å². The second kappa shape index (κ2) is 5.60. The summed E-state index contributed by atoms with van der Waals surface area (Å²) in [6.07, 6.45) is 2.16. The lowest BCUT2D eigenvalue weighted by molar-refractivity contribution is 0.0993. The van der Waals surface area contributed by atoms with E-state index in [2.05, 4.69) is 11.4 Å². The maximum absolute atomic E-state index is 12.8. The molecule has 1 heterocycles. The number of hydrogen-bond donors (Lipinski definition) is 1. The summed E-state index contributed by atoms with van der Waals surface area (Å²) in [6, 6.07) is 14.0. The van der Waals surface area contributed by atoms with Crippen LogP contribution in [0.5, 0.6) is 0 Å². The quantitative estimate of drug-likeness (QED) is 0.911. The zero-order valence-electron chi connectivity index (χ0n) is 12.5. The molecule has 3 rings (SSSR count). The van der Waals surface area contributed by atoms with E-state index in [9.17, 15) is 4.79 Å². The first kappa shape index (κ1) is 13.7. The molecule has 0 radical (unpaired) electrons. The first-order valence-corrected chi connectivity index (χ1v) is 7.37. The Kier molecular flexibility index (Phi) is 3.65. The van der Waals surface area contributed by atoms with Crippen molar-refractivity contribution in [2.75, 3.05) is 23.8 Å². The van der Waals surface area contributed by atoms with Gasteiger partial charge in [0, 0.05) is 19.3 Å². The molecule has 0 atom stereocenters. The molecule has 0 bridgehead atoms. The Labute approximate surface area is 125 Å². The molecule has 21 heavy (non-hydrogen) atoms. The van der Waals surface area contributed by atoms with E-state index < -0.39 is 0 Å². The summed E-state index contributed by atoms with van der Waals surface area (Å²) in [5, 5.41) is 3.38. The number of carbonyl (C=O) groups excluding carboxylic acids is 1. The van der Waals surface area contributed by atoms with Crippen LogP contribution in [-0.2, 0) is 6.42 Å². The fourth-order valence-electron chi connectivity index (χ4n) is 2.75. The van der Waals surface area contributed by atoms with Crippen molar-refractivity contribution in [3.63, 3.8) is 0 Å². The summed E-state index contributed by atoms with van der Waals surface area (Å²) < 4.78 is 0. The van der Waals surface area contributed by atoms with Gasteiger partial charge in [-0.05, 0) is 43.5 Å². The summed E-state index contributed by atoms with van der Waals surface area (Å²) in [6.45, 7) is 2.98. The molecule has 0 aliphatic carbocycles. The summed E-state index contributed by atoms with van der Waals surface area (Å²) in [4.78, 5) is 14.5. The lowest BCUT2D eigenvalue weighted by Crippen LogP contribution is -2.28. The molecule has 0 saturated carbocycles. The minimum Gasteiger partial charge on any atom is -0.384 e. The number of rotatable bonds is 2. The maximum atomic E-state index is 12.8. The van der Waals surface area contributed by atoms with E-state index in [4.69, 9.17) is 0 Å². The third-order valence-corrected chi connectivity index (χ3v) is 4.03. The number of para-hydroxylation sites is 1. The van der Waals surface area contributed by atoms with Gasteiger partial charge in [0.05, 0.1) is 11.3 Å². The second-order valence-corrected chi connectivity index (χ2v) is 5.57. The third-order valence-electron chi connectivity index (χ3n) is 4.03. The fourth-order valence-corrected chi connectivity index (χ4v) is 2.75. The number of fused-ring (bicyclic) bond motifs is 1. The molecule has 1 aliphatic rings. The summed E-state index contributed by atoms with van der Waals surface area (Å²) >= 11 is 0. The number of anilines is 2. The number of nitrogens with zero attached hydrogens (tertiary/aromatic N) is 1. The molecule has 3 nitrogen and oxygen atoms in total. The van der Waals surface area contributed by atoms with Gasteiger partial charge < -0.3 is 10.2 Å². The standard InChI is InChI=1S/C18H20N2O/c1-13-8-10-15(11-9-13)20(2)18(21)16-7-3-5-14-6-4-12-19-17(14)16/h3,5,7-11,19H,4,6,12H2,1-2H3. The van der Waals surface area contributed by atoms with E-state index in [1.807, 2.05) is 50.4 Å². The van der Waals surface area contributed by atoms with Crippen molar-refractivity contribution in [3.05, 3.63) is 59.2 Å². The Balaban J connectivity index is 1.93. The topological polar surface area (TPSA) is 32.3 Å². The van der Waals surface area contributed by atoms with Gasteiger partial charge in [0.15, 0.2) is 0 Å². The predicted octanol–water partition coefficient (Wildman–Crippen LogP) is 3.63. The van der Waals surface area contributed by atoms with Crippen LogP contribution < -0.4 is 10.2 Å². The Morgan fingerprint density at radius 2 is 1.90 bits per heavy atom. The number of carbonyl (C=O) groups is 1. The fraction of sp³-hybridized carbons (Fsp3) is 0.278. The third kappa shape index (κ3) is 2.64. The number of amides is 1. The van der Waals surface area contributed by atoms with Crippen LogP contribution in [0.3, 0.4) is 0 Å². The number of benzene rings is 2. The molecule has 108 valence electrons. The van der Waals surface area contributed by atoms with Crippen LogP contribution in [0.2, 0.25) is 0 Å². The van der Waals surface area contributed by atoms with Crippen molar-refractivity contribution in [2.45, 2.75) is 19.8 Å². The smallest absolute Gasteiger partial charge is 0.260 e. The zero-order valence-corrected chi connectivity index (χ0v) is 12.5. The normalized spacial score (nSPS) is 13.2. The largest absolute Gasteiger partial charge is 0.384 e. The maximum Gasteiger partial charge on any atom is 0.260 e. The highest BCUT2D eigenvalue weighted by atomic mass is 16.2. The van der Waals surface area contributed by atoms with Crippen molar-refractivity contribution in [3.8, 4) is 0 Å². The van der Waals surface area contributed by atoms with E-state index in [-0.39, 0.29) is 5.91 Å². The average Bonchev–Trinajstić information content (AvgIpc) is 2.53. The monoisotopic (exact) mass is 280 g/mol. The summed E-state index contributed by atoms with van der Waals surface area (Å²) in [7, 11) is 1.83. The van der Waals surface area contributed by atoms with E-state index in [0.29, 0.717) is 0 Å². The van der Waals surface area contributed by atoms with E-state index in [0.717, 1.165) is 36.3 Å². The average molecular weight is 280 g/mol. The molecule has 0 fully saturated rings. The molecule has 1 N–H and O–H groups in total. The number of aryl methyl sites for hydroxylation is 2. The molecular weight excluding hydrogens is 260 g/mol. The van der Waals surface area contributed by atoms with Crippen molar-refractivity contribution in [1.82, 2.24) is 0 Å². The van der Waals surface area contributed by atoms with Crippen LogP contribution in [0.25, 0.3) is 0 Å². The number of nitrogens with one attached hydrogen (secondary N) is 1. The molecule has 2 aromatic carbocycles. The zero-order chi connectivity index (χ0) is 14.8. The number of hydrogen-bond acceptors (Lipinski definition) is 2. The van der Waals surface area contributed by atoms with Gasteiger partial charge in [0.2, 0.25) is 0 Å². The van der Waals surface area contributed by atoms with E-state index in [1.165, 1.54) is 11.1 Å². The van der Waals surface area contributed by atoms with Crippen molar-refractivity contribution in [2.24, 2.45) is 0 Å². The van der Waals surface area contributed by atoms with Gasteiger partial charge in [-0.25, -0.2) is 0 Å². The van der Waals surface area contributed by atoms with Crippen LogP contribution in [0.1, 0.15) is 27.9 Å². The van der Waals surface area contributed by atoms with E-state index in [1.54, 1.807) is 4.90 Å². The molecular formula is C18H20N2O. The summed E-state index contributed by atoms with van der Waals surface area (Å²) in [5.74, 6) is 0.0325.